The second kappa shape index (κ2) is 5.84. The van der Waals surface area contributed by atoms with Gasteiger partial charge in [-0.15, -0.1) is 0 Å². The number of benzene rings is 1. The molecular formula is C18H23N3. The molecule has 3 rings (SSSR count). The number of rotatable bonds is 5. The van der Waals surface area contributed by atoms with E-state index in [0.717, 1.165) is 11.0 Å². The van der Waals surface area contributed by atoms with Crippen LogP contribution in [0.15, 0.2) is 36.8 Å². The first kappa shape index (κ1) is 14.1. The summed E-state index contributed by atoms with van der Waals surface area (Å²) in [7, 11) is 0. The van der Waals surface area contributed by atoms with Crippen molar-refractivity contribution in [3.8, 4) is 0 Å². The lowest BCUT2D eigenvalue weighted by Crippen LogP contribution is -2.14. The van der Waals surface area contributed by atoms with Crippen molar-refractivity contribution < 1.29 is 0 Å². The number of aromatic nitrogens is 3. The van der Waals surface area contributed by atoms with Crippen molar-refractivity contribution >= 4 is 21.9 Å². The topological polar surface area (TPSA) is 30.7 Å². The van der Waals surface area contributed by atoms with Gasteiger partial charge in [-0.05, 0) is 18.4 Å². The SMILES string of the molecule is CCCCC(C(C)C)n1cnc2cnc3ccccc3c21. The van der Waals surface area contributed by atoms with E-state index in [2.05, 4.69) is 53.5 Å². The van der Waals surface area contributed by atoms with E-state index in [-0.39, 0.29) is 0 Å². The van der Waals surface area contributed by atoms with Crippen LogP contribution in [0.25, 0.3) is 21.9 Å². The van der Waals surface area contributed by atoms with E-state index in [4.69, 9.17) is 0 Å². The van der Waals surface area contributed by atoms with E-state index >= 15 is 0 Å². The van der Waals surface area contributed by atoms with Gasteiger partial charge in [-0.1, -0.05) is 51.8 Å². The summed E-state index contributed by atoms with van der Waals surface area (Å²) in [4.78, 5) is 9.09. The number of imidazole rings is 1. The molecule has 110 valence electrons. The highest BCUT2D eigenvalue weighted by molar-refractivity contribution is 6.01. The van der Waals surface area contributed by atoms with E-state index in [9.17, 15) is 0 Å². The molecule has 0 spiro atoms. The number of fused-ring (bicyclic) bond motifs is 3. The van der Waals surface area contributed by atoms with Crippen LogP contribution in [0.5, 0.6) is 0 Å². The Balaban J connectivity index is 2.19. The Labute approximate surface area is 126 Å². The van der Waals surface area contributed by atoms with Crippen molar-refractivity contribution in [3.05, 3.63) is 36.8 Å². The third kappa shape index (κ3) is 2.53. The number of hydrogen-bond acceptors (Lipinski definition) is 2. The first-order valence-corrected chi connectivity index (χ1v) is 7.92. The number of pyridine rings is 1. The zero-order valence-electron chi connectivity index (χ0n) is 13.1. The minimum atomic E-state index is 0.501. The molecule has 1 atom stereocenters. The highest BCUT2D eigenvalue weighted by atomic mass is 15.1. The minimum Gasteiger partial charge on any atom is -0.327 e. The maximum Gasteiger partial charge on any atom is 0.107 e. The molecule has 3 nitrogen and oxygen atoms in total. The molecule has 0 bridgehead atoms. The maximum atomic E-state index is 4.58. The molecule has 0 amide bonds. The van der Waals surface area contributed by atoms with E-state index in [1.54, 1.807) is 0 Å². The van der Waals surface area contributed by atoms with E-state index in [0.29, 0.717) is 12.0 Å². The van der Waals surface area contributed by atoms with E-state index in [1.807, 2.05) is 18.6 Å². The monoisotopic (exact) mass is 281 g/mol. The minimum absolute atomic E-state index is 0.501. The quantitative estimate of drug-likeness (QED) is 0.661. The van der Waals surface area contributed by atoms with Crippen molar-refractivity contribution in [2.24, 2.45) is 5.92 Å². The van der Waals surface area contributed by atoms with Gasteiger partial charge in [0, 0.05) is 11.4 Å². The molecule has 0 aliphatic rings. The molecule has 21 heavy (non-hydrogen) atoms. The highest BCUT2D eigenvalue weighted by Gasteiger charge is 2.18. The Morgan fingerprint density at radius 3 is 2.67 bits per heavy atom. The Morgan fingerprint density at radius 2 is 1.90 bits per heavy atom. The van der Waals surface area contributed by atoms with Crippen LogP contribution in [-0.4, -0.2) is 14.5 Å². The van der Waals surface area contributed by atoms with Crippen molar-refractivity contribution in [1.29, 1.82) is 0 Å². The first-order chi connectivity index (χ1) is 10.2. The van der Waals surface area contributed by atoms with Crippen LogP contribution in [0, 0.1) is 5.92 Å². The molecule has 2 heterocycles. The van der Waals surface area contributed by atoms with Gasteiger partial charge in [0.05, 0.1) is 23.6 Å². The summed E-state index contributed by atoms with van der Waals surface area (Å²) >= 11 is 0. The fraction of sp³-hybridized carbons (Fsp3) is 0.444. The van der Waals surface area contributed by atoms with Crippen LogP contribution in [0.4, 0.5) is 0 Å². The molecule has 0 radical (unpaired) electrons. The second-order valence-electron chi connectivity index (χ2n) is 6.11. The molecule has 0 saturated heterocycles. The summed E-state index contributed by atoms with van der Waals surface area (Å²) < 4.78 is 2.37. The Hall–Kier alpha value is -1.90. The van der Waals surface area contributed by atoms with Crippen LogP contribution in [0.1, 0.15) is 46.1 Å². The standard InChI is InChI=1S/C18H23N3/c1-4-5-10-17(13(2)3)21-12-20-16-11-19-15-9-7-6-8-14(15)18(16)21/h6-9,11-13,17H,4-5,10H2,1-3H3. The predicted molar refractivity (Wildman–Crippen MR) is 88.4 cm³/mol. The summed E-state index contributed by atoms with van der Waals surface area (Å²) in [6, 6.07) is 8.85. The molecule has 0 aliphatic heterocycles. The van der Waals surface area contributed by atoms with Crippen LogP contribution in [-0.2, 0) is 0 Å². The zero-order valence-corrected chi connectivity index (χ0v) is 13.1. The molecule has 1 unspecified atom stereocenters. The Kier molecular flexibility index (Phi) is 3.91. The smallest absolute Gasteiger partial charge is 0.107 e. The van der Waals surface area contributed by atoms with Crippen LogP contribution in [0.2, 0.25) is 0 Å². The normalized spacial score (nSPS) is 13.3. The molecule has 0 aliphatic carbocycles. The van der Waals surface area contributed by atoms with Gasteiger partial charge in [0.25, 0.3) is 0 Å². The average Bonchev–Trinajstić information content (AvgIpc) is 2.92. The van der Waals surface area contributed by atoms with Crippen molar-refractivity contribution in [1.82, 2.24) is 14.5 Å². The summed E-state index contributed by atoms with van der Waals surface area (Å²) in [5.41, 5.74) is 3.27. The summed E-state index contributed by atoms with van der Waals surface area (Å²) in [6.07, 6.45) is 7.59. The summed E-state index contributed by atoms with van der Waals surface area (Å²) in [5, 5.41) is 1.20. The fourth-order valence-corrected chi connectivity index (χ4v) is 3.12. The van der Waals surface area contributed by atoms with Crippen LogP contribution < -0.4 is 0 Å². The van der Waals surface area contributed by atoms with Gasteiger partial charge in [0.15, 0.2) is 0 Å². The summed E-state index contributed by atoms with van der Waals surface area (Å²) in [6.45, 7) is 6.85. The van der Waals surface area contributed by atoms with Gasteiger partial charge in [0.1, 0.15) is 5.52 Å². The van der Waals surface area contributed by atoms with Gasteiger partial charge in [0.2, 0.25) is 0 Å². The molecule has 1 aromatic carbocycles. The molecule has 0 N–H and O–H groups in total. The lowest BCUT2D eigenvalue weighted by Gasteiger charge is -2.23. The van der Waals surface area contributed by atoms with E-state index < -0.39 is 0 Å². The highest BCUT2D eigenvalue weighted by Crippen LogP contribution is 2.31. The zero-order chi connectivity index (χ0) is 14.8. The van der Waals surface area contributed by atoms with Crippen LogP contribution in [0.3, 0.4) is 0 Å². The Morgan fingerprint density at radius 1 is 1.10 bits per heavy atom. The first-order valence-electron chi connectivity index (χ1n) is 7.92. The number of hydrogen-bond donors (Lipinski definition) is 0. The molecule has 0 saturated carbocycles. The van der Waals surface area contributed by atoms with Gasteiger partial charge in [-0.2, -0.15) is 0 Å². The summed E-state index contributed by atoms with van der Waals surface area (Å²) in [5.74, 6) is 0.598. The lowest BCUT2D eigenvalue weighted by molar-refractivity contribution is 0.352. The predicted octanol–water partition coefficient (Wildman–Crippen LogP) is 4.97. The second-order valence-corrected chi connectivity index (χ2v) is 6.11. The van der Waals surface area contributed by atoms with Gasteiger partial charge in [-0.3, -0.25) is 4.98 Å². The average molecular weight is 281 g/mol. The van der Waals surface area contributed by atoms with Gasteiger partial charge >= 0.3 is 0 Å². The van der Waals surface area contributed by atoms with Crippen LogP contribution >= 0.6 is 0 Å². The largest absolute Gasteiger partial charge is 0.327 e. The van der Waals surface area contributed by atoms with Crippen molar-refractivity contribution in [2.45, 2.75) is 46.1 Å². The molecule has 3 heteroatoms. The molecule has 0 fully saturated rings. The molecular weight excluding hydrogens is 258 g/mol. The lowest BCUT2D eigenvalue weighted by atomic mass is 9.98. The molecule has 2 aromatic heterocycles. The van der Waals surface area contributed by atoms with E-state index in [1.165, 1.54) is 30.2 Å². The van der Waals surface area contributed by atoms with Gasteiger partial charge in [-0.25, -0.2) is 4.98 Å². The third-order valence-corrected chi connectivity index (χ3v) is 4.29. The van der Waals surface area contributed by atoms with Gasteiger partial charge < -0.3 is 4.57 Å². The number of unbranched alkanes of at least 4 members (excludes halogenated alkanes) is 1. The van der Waals surface area contributed by atoms with Crippen molar-refractivity contribution in [3.63, 3.8) is 0 Å². The van der Waals surface area contributed by atoms with Crippen molar-refractivity contribution in [2.75, 3.05) is 0 Å². The fourth-order valence-electron chi connectivity index (χ4n) is 3.12. The molecule has 3 aromatic rings. The third-order valence-electron chi connectivity index (χ3n) is 4.29. The Bertz CT molecular complexity index is 742. The number of para-hydroxylation sites is 1. The number of nitrogens with zero attached hydrogens (tertiary/aromatic N) is 3. The maximum absolute atomic E-state index is 4.58.